The van der Waals surface area contributed by atoms with Gasteiger partial charge in [-0.1, -0.05) is 0 Å². The van der Waals surface area contributed by atoms with Gasteiger partial charge in [-0.05, 0) is 43.3 Å². The summed E-state index contributed by atoms with van der Waals surface area (Å²) in [6, 6.07) is 9.28. The van der Waals surface area contributed by atoms with Gasteiger partial charge in [0.25, 0.3) is 5.91 Å². The molecule has 0 atom stereocenters. The van der Waals surface area contributed by atoms with E-state index in [9.17, 15) is 9.59 Å². The molecule has 0 radical (unpaired) electrons. The number of carboxylic acids is 1. The molecular weight excluding hydrogens is 244 g/mol. The van der Waals surface area contributed by atoms with Gasteiger partial charge in [-0.25, -0.2) is 4.79 Å². The minimum Gasteiger partial charge on any atom is -0.478 e. The van der Waals surface area contributed by atoms with Crippen molar-refractivity contribution in [1.29, 1.82) is 0 Å². The summed E-state index contributed by atoms with van der Waals surface area (Å²) in [7, 11) is 0. The van der Waals surface area contributed by atoms with E-state index in [2.05, 4.69) is 10.3 Å². The van der Waals surface area contributed by atoms with Crippen LogP contribution < -0.4 is 5.32 Å². The van der Waals surface area contributed by atoms with Crippen LogP contribution in [0.4, 0.5) is 5.69 Å². The van der Waals surface area contributed by atoms with Crippen LogP contribution >= 0.6 is 0 Å². The maximum absolute atomic E-state index is 11.9. The second kappa shape index (κ2) is 5.30. The standard InChI is InChI=1S/C14H12N2O3/c1-9-8-11(6-7-15-9)13(17)16-12-4-2-10(3-5-12)14(18)19/h2-8H,1H3,(H,16,17)(H,18,19). The Balaban J connectivity index is 2.13. The number of hydrogen-bond donors (Lipinski definition) is 2. The Bertz CT molecular complexity index is 621. The van der Waals surface area contributed by atoms with Gasteiger partial charge in [-0.2, -0.15) is 0 Å². The normalized spacial score (nSPS) is 9.95. The van der Waals surface area contributed by atoms with E-state index in [1.54, 1.807) is 37.4 Å². The van der Waals surface area contributed by atoms with Gasteiger partial charge in [0, 0.05) is 23.1 Å². The lowest BCUT2D eigenvalue weighted by atomic mass is 10.2. The molecule has 0 aliphatic heterocycles. The Morgan fingerprint density at radius 3 is 2.37 bits per heavy atom. The highest BCUT2D eigenvalue weighted by atomic mass is 16.4. The van der Waals surface area contributed by atoms with E-state index in [4.69, 9.17) is 5.11 Å². The van der Waals surface area contributed by atoms with E-state index < -0.39 is 5.97 Å². The number of amides is 1. The van der Waals surface area contributed by atoms with Crippen molar-refractivity contribution in [3.63, 3.8) is 0 Å². The van der Waals surface area contributed by atoms with Crippen LogP contribution in [0.15, 0.2) is 42.6 Å². The van der Waals surface area contributed by atoms with Gasteiger partial charge in [0.05, 0.1) is 5.56 Å². The van der Waals surface area contributed by atoms with Gasteiger partial charge in [-0.15, -0.1) is 0 Å². The third-order valence-corrected chi connectivity index (χ3v) is 2.55. The molecule has 2 rings (SSSR count). The molecule has 0 unspecified atom stereocenters. The molecule has 0 aliphatic carbocycles. The maximum Gasteiger partial charge on any atom is 0.335 e. The van der Waals surface area contributed by atoms with Crippen LogP contribution in [-0.2, 0) is 0 Å². The number of carboxylic acid groups (broad SMARTS) is 1. The highest BCUT2D eigenvalue weighted by molar-refractivity contribution is 6.04. The molecule has 1 aromatic carbocycles. The summed E-state index contributed by atoms with van der Waals surface area (Å²) in [6.45, 7) is 1.80. The highest BCUT2D eigenvalue weighted by Gasteiger charge is 2.07. The molecule has 2 aromatic rings. The fourth-order valence-corrected chi connectivity index (χ4v) is 1.59. The van der Waals surface area contributed by atoms with Crippen molar-refractivity contribution in [3.8, 4) is 0 Å². The van der Waals surface area contributed by atoms with Crippen LogP contribution in [0.5, 0.6) is 0 Å². The van der Waals surface area contributed by atoms with Crippen LogP contribution in [0.2, 0.25) is 0 Å². The van der Waals surface area contributed by atoms with Gasteiger partial charge < -0.3 is 10.4 Å². The number of pyridine rings is 1. The number of rotatable bonds is 3. The van der Waals surface area contributed by atoms with E-state index in [-0.39, 0.29) is 11.5 Å². The molecule has 1 amide bonds. The first kappa shape index (κ1) is 12.8. The van der Waals surface area contributed by atoms with Crippen LogP contribution in [0.1, 0.15) is 26.4 Å². The summed E-state index contributed by atoms with van der Waals surface area (Å²) in [6.07, 6.45) is 1.57. The average molecular weight is 256 g/mol. The Labute approximate surface area is 109 Å². The smallest absolute Gasteiger partial charge is 0.335 e. The third kappa shape index (κ3) is 3.16. The Hall–Kier alpha value is -2.69. The topological polar surface area (TPSA) is 79.3 Å². The maximum atomic E-state index is 11.9. The van der Waals surface area contributed by atoms with E-state index in [0.717, 1.165) is 5.69 Å². The van der Waals surface area contributed by atoms with E-state index in [1.807, 2.05) is 0 Å². The largest absolute Gasteiger partial charge is 0.478 e. The molecule has 19 heavy (non-hydrogen) atoms. The Morgan fingerprint density at radius 1 is 1.11 bits per heavy atom. The summed E-state index contributed by atoms with van der Waals surface area (Å²) >= 11 is 0. The second-order valence-corrected chi connectivity index (χ2v) is 4.02. The fraction of sp³-hybridized carbons (Fsp3) is 0.0714. The monoisotopic (exact) mass is 256 g/mol. The molecule has 1 heterocycles. The van der Waals surface area contributed by atoms with E-state index >= 15 is 0 Å². The summed E-state index contributed by atoms with van der Waals surface area (Å²) < 4.78 is 0. The summed E-state index contributed by atoms with van der Waals surface area (Å²) in [5.74, 6) is -1.25. The number of benzene rings is 1. The van der Waals surface area contributed by atoms with Crippen molar-refractivity contribution in [2.75, 3.05) is 5.32 Å². The van der Waals surface area contributed by atoms with Crippen molar-refractivity contribution in [1.82, 2.24) is 4.98 Å². The minimum absolute atomic E-state index is 0.178. The number of aryl methyl sites for hydroxylation is 1. The van der Waals surface area contributed by atoms with E-state index in [0.29, 0.717) is 11.3 Å². The van der Waals surface area contributed by atoms with Gasteiger partial charge in [0.1, 0.15) is 0 Å². The van der Waals surface area contributed by atoms with E-state index in [1.165, 1.54) is 12.1 Å². The molecular formula is C14H12N2O3. The number of anilines is 1. The predicted molar refractivity (Wildman–Crippen MR) is 70.3 cm³/mol. The summed E-state index contributed by atoms with van der Waals surface area (Å²) in [5.41, 5.74) is 1.99. The zero-order valence-corrected chi connectivity index (χ0v) is 10.3. The van der Waals surface area contributed by atoms with Gasteiger partial charge >= 0.3 is 5.97 Å². The number of aromatic carboxylic acids is 1. The lowest BCUT2D eigenvalue weighted by Gasteiger charge is -2.05. The molecule has 1 aromatic heterocycles. The molecule has 0 saturated carbocycles. The van der Waals surface area contributed by atoms with Crippen molar-refractivity contribution in [3.05, 3.63) is 59.4 Å². The molecule has 2 N–H and O–H groups in total. The lowest BCUT2D eigenvalue weighted by molar-refractivity contribution is 0.0696. The van der Waals surface area contributed by atoms with Crippen molar-refractivity contribution >= 4 is 17.6 Å². The summed E-state index contributed by atoms with van der Waals surface area (Å²) in [4.78, 5) is 26.6. The minimum atomic E-state index is -0.998. The zero-order valence-electron chi connectivity index (χ0n) is 10.3. The molecule has 0 aliphatic rings. The van der Waals surface area contributed by atoms with Crippen LogP contribution in [-0.4, -0.2) is 22.0 Å². The number of nitrogens with one attached hydrogen (secondary N) is 1. The van der Waals surface area contributed by atoms with Crippen molar-refractivity contribution in [2.24, 2.45) is 0 Å². The molecule has 96 valence electrons. The molecule has 0 spiro atoms. The van der Waals surface area contributed by atoms with Crippen LogP contribution in [0.3, 0.4) is 0 Å². The lowest BCUT2D eigenvalue weighted by Crippen LogP contribution is -2.12. The van der Waals surface area contributed by atoms with Crippen molar-refractivity contribution < 1.29 is 14.7 Å². The predicted octanol–water partition coefficient (Wildman–Crippen LogP) is 2.34. The number of nitrogens with zero attached hydrogens (tertiary/aromatic N) is 1. The number of hydrogen-bond acceptors (Lipinski definition) is 3. The SMILES string of the molecule is Cc1cc(C(=O)Nc2ccc(C(=O)O)cc2)ccn1. The molecule has 5 nitrogen and oxygen atoms in total. The fourth-order valence-electron chi connectivity index (χ4n) is 1.59. The average Bonchev–Trinajstić information content (AvgIpc) is 2.39. The van der Waals surface area contributed by atoms with Gasteiger partial charge in [0.15, 0.2) is 0 Å². The first-order valence-electron chi connectivity index (χ1n) is 5.63. The van der Waals surface area contributed by atoms with Crippen LogP contribution in [0.25, 0.3) is 0 Å². The zero-order chi connectivity index (χ0) is 13.8. The van der Waals surface area contributed by atoms with Crippen molar-refractivity contribution in [2.45, 2.75) is 6.92 Å². The molecule has 0 bridgehead atoms. The Morgan fingerprint density at radius 2 is 1.79 bits per heavy atom. The molecule has 0 saturated heterocycles. The first-order chi connectivity index (χ1) is 9.06. The first-order valence-corrected chi connectivity index (χ1v) is 5.63. The number of aromatic nitrogens is 1. The van der Waals surface area contributed by atoms with Crippen LogP contribution in [0, 0.1) is 6.92 Å². The number of carbonyl (C=O) groups excluding carboxylic acids is 1. The van der Waals surface area contributed by atoms with Gasteiger partial charge in [-0.3, -0.25) is 9.78 Å². The number of carbonyl (C=O) groups is 2. The highest BCUT2D eigenvalue weighted by Crippen LogP contribution is 2.11. The molecule has 0 fully saturated rings. The third-order valence-electron chi connectivity index (χ3n) is 2.55. The quantitative estimate of drug-likeness (QED) is 0.883. The second-order valence-electron chi connectivity index (χ2n) is 4.02. The summed E-state index contributed by atoms with van der Waals surface area (Å²) in [5, 5.41) is 11.5. The Kier molecular flexibility index (Phi) is 3.56. The molecule has 5 heteroatoms. The van der Waals surface area contributed by atoms with Gasteiger partial charge in [0.2, 0.25) is 0 Å².